The number of carbonyl (C=O) groups is 1. The highest BCUT2D eigenvalue weighted by atomic mass is 16.5. The largest absolute Gasteiger partial charge is 0.493 e. The lowest BCUT2D eigenvalue weighted by atomic mass is 9.87. The predicted molar refractivity (Wildman–Crippen MR) is 83.3 cm³/mol. The van der Waals surface area contributed by atoms with Crippen molar-refractivity contribution < 1.29 is 14.6 Å². The van der Waals surface area contributed by atoms with E-state index < -0.39 is 0 Å². The summed E-state index contributed by atoms with van der Waals surface area (Å²) in [6, 6.07) is 7.42. The SMILES string of the molecule is C=CCCOc1cccc(NC(=O)C2CCC(O)CC2)c1. The molecule has 4 heteroatoms. The maximum atomic E-state index is 12.2. The van der Waals surface area contributed by atoms with E-state index in [0.717, 1.165) is 30.7 Å². The molecule has 0 radical (unpaired) electrons. The highest BCUT2D eigenvalue weighted by Crippen LogP contribution is 2.26. The fourth-order valence-corrected chi connectivity index (χ4v) is 2.51. The normalized spacial score (nSPS) is 21.6. The van der Waals surface area contributed by atoms with E-state index in [1.165, 1.54) is 0 Å². The summed E-state index contributed by atoms with van der Waals surface area (Å²) < 4.78 is 5.57. The van der Waals surface area contributed by atoms with Crippen LogP contribution in [0.4, 0.5) is 5.69 Å². The molecule has 1 fully saturated rings. The molecule has 0 bridgehead atoms. The number of nitrogens with one attached hydrogen (secondary N) is 1. The molecule has 1 aliphatic carbocycles. The van der Waals surface area contributed by atoms with Crippen molar-refractivity contribution in [1.82, 2.24) is 0 Å². The maximum absolute atomic E-state index is 12.2. The van der Waals surface area contributed by atoms with Crippen molar-refractivity contribution in [1.29, 1.82) is 0 Å². The summed E-state index contributed by atoms with van der Waals surface area (Å²) >= 11 is 0. The van der Waals surface area contributed by atoms with Gasteiger partial charge in [0.1, 0.15) is 5.75 Å². The Bertz CT molecular complexity index is 479. The van der Waals surface area contributed by atoms with Gasteiger partial charge in [0.15, 0.2) is 0 Å². The van der Waals surface area contributed by atoms with E-state index in [1.54, 1.807) is 0 Å². The van der Waals surface area contributed by atoms with Gasteiger partial charge in [-0.3, -0.25) is 4.79 Å². The second kappa shape index (κ2) is 7.84. The molecule has 2 rings (SSSR count). The third kappa shape index (κ3) is 4.90. The lowest BCUT2D eigenvalue weighted by Gasteiger charge is -2.24. The second-order valence-corrected chi connectivity index (χ2v) is 5.45. The van der Waals surface area contributed by atoms with Crippen LogP contribution in [-0.4, -0.2) is 23.7 Å². The topological polar surface area (TPSA) is 58.6 Å². The lowest BCUT2D eigenvalue weighted by molar-refractivity contribution is -0.121. The molecule has 21 heavy (non-hydrogen) atoms. The predicted octanol–water partition coefficient (Wildman–Crippen LogP) is 3.13. The molecule has 0 spiro atoms. The number of anilines is 1. The van der Waals surface area contributed by atoms with Gasteiger partial charge in [0, 0.05) is 17.7 Å². The number of rotatable bonds is 6. The molecule has 0 unspecified atom stereocenters. The molecule has 1 amide bonds. The van der Waals surface area contributed by atoms with E-state index in [0.29, 0.717) is 19.4 Å². The average Bonchev–Trinajstić information content (AvgIpc) is 2.48. The standard InChI is InChI=1S/C17H23NO3/c1-2-3-11-21-16-6-4-5-14(12-16)18-17(20)13-7-9-15(19)10-8-13/h2,4-6,12-13,15,19H,1,3,7-11H2,(H,18,20). The zero-order valence-electron chi connectivity index (χ0n) is 12.3. The van der Waals surface area contributed by atoms with Crippen LogP contribution in [0.25, 0.3) is 0 Å². The number of hydrogen-bond donors (Lipinski definition) is 2. The summed E-state index contributed by atoms with van der Waals surface area (Å²) in [5, 5.41) is 12.4. The van der Waals surface area contributed by atoms with Gasteiger partial charge in [0.25, 0.3) is 0 Å². The minimum Gasteiger partial charge on any atom is -0.493 e. The molecule has 114 valence electrons. The van der Waals surface area contributed by atoms with Crippen LogP contribution >= 0.6 is 0 Å². The smallest absolute Gasteiger partial charge is 0.227 e. The number of carbonyl (C=O) groups excluding carboxylic acids is 1. The van der Waals surface area contributed by atoms with Crippen molar-refractivity contribution in [2.75, 3.05) is 11.9 Å². The summed E-state index contributed by atoms with van der Waals surface area (Å²) in [5.41, 5.74) is 0.752. The second-order valence-electron chi connectivity index (χ2n) is 5.45. The molecular weight excluding hydrogens is 266 g/mol. The fourth-order valence-electron chi connectivity index (χ4n) is 2.51. The van der Waals surface area contributed by atoms with E-state index in [1.807, 2.05) is 30.3 Å². The highest BCUT2D eigenvalue weighted by Gasteiger charge is 2.25. The van der Waals surface area contributed by atoms with Gasteiger partial charge >= 0.3 is 0 Å². The van der Waals surface area contributed by atoms with Gasteiger partial charge < -0.3 is 15.2 Å². The number of ether oxygens (including phenoxy) is 1. The first-order chi connectivity index (χ1) is 10.2. The van der Waals surface area contributed by atoms with Crippen molar-refractivity contribution in [2.24, 2.45) is 5.92 Å². The quantitative estimate of drug-likeness (QED) is 0.625. The van der Waals surface area contributed by atoms with Crippen LogP contribution in [0, 0.1) is 5.92 Å². The zero-order valence-corrected chi connectivity index (χ0v) is 12.3. The molecule has 4 nitrogen and oxygen atoms in total. The zero-order chi connectivity index (χ0) is 15.1. The summed E-state index contributed by atoms with van der Waals surface area (Å²) in [7, 11) is 0. The number of aliphatic hydroxyl groups excluding tert-OH is 1. The molecule has 0 heterocycles. The number of hydrogen-bond acceptors (Lipinski definition) is 3. The van der Waals surface area contributed by atoms with Gasteiger partial charge in [-0.2, -0.15) is 0 Å². The molecular formula is C17H23NO3. The Balaban J connectivity index is 1.88. The molecule has 1 aromatic carbocycles. The van der Waals surface area contributed by atoms with Crippen molar-refractivity contribution >= 4 is 11.6 Å². The fraction of sp³-hybridized carbons (Fsp3) is 0.471. The average molecular weight is 289 g/mol. The highest BCUT2D eigenvalue weighted by molar-refractivity contribution is 5.92. The van der Waals surface area contributed by atoms with Gasteiger partial charge in [-0.15, -0.1) is 6.58 Å². The first-order valence-corrected chi connectivity index (χ1v) is 7.51. The van der Waals surface area contributed by atoms with Crippen LogP contribution in [0.3, 0.4) is 0 Å². The molecule has 1 saturated carbocycles. The minimum atomic E-state index is -0.240. The van der Waals surface area contributed by atoms with Gasteiger partial charge in [0.2, 0.25) is 5.91 Å². The summed E-state index contributed by atoms with van der Waals surface area (Å²) in [6.45, 7) is 4.24. The Morgan fingerprint density at radius 2 is 2.14 bits per heavy atom. The van der Waals surface area contributed by atoms with Crippen LogP contribution in [-0.2, 0) is 4.79 Å². The number of amides is 1. The molecule has 1 aromatic rings. The minimum absolute atomic E-state index is 0.00117. The van der Waals surface area contributed by atoms with Crippen LogP contribution in [0.1, 0.15) is 32.1 Å². The Hall–Kier alpha value is -1.81. The third-order valence-electron chi connectivity index (χ3n) is 3.76. The molecule has 1 aliphatic rings. The maximum Gasteiger partial charge on any atom is 0.227 e. The van der Waals surface area contributed by atoms with Gasteiger partial charge in [-0.05, 0) is 44.2 Å². The van der Waals surface area contributed by atoms with Gasteiger partial charge in [-0.25, -0.2) is 0 Å². The van der Waals surface area contributed by atoms with Crippen molar-refractivity contribution in [3.63, 3.8) is 0 Å². The monoisotopic (exact) mass is 289 g/mol. The molecule has 0 aromatic heterocycles. The van der Waals surface area contributed by atoms with Crippen molar-refractivity contribution in [3.05, 3.63) is 36.9 Å². The van der Waals surface area contributed by atoms with E-state index in [9.17, 15) is 9.90 Å². The number of aliphatic hydroxyl groups is 1. The van der Waals surface area contributed by atoms with Crippen LogP contribution in [0.15, 0.2) is 36.9 Å². The van der Waals surface area contributed by atoms with Gasteiger partial charge in [0.05, 0.1) is 12.7 Å². The van der Waals surface area contributed by atoms with Gasteiger partial charge in [-0.1, -0.05) is 12.1 Å². The van der Waals surface area contributed by atoms with Crippen molar-refractivity contribution in [3.8, 4) is 5.75 Å². The van der Waals surface area contributed by atoms with E-state index in [4.69, 9.17) is 4.74 Å². The van der Waals surface area contributed by atoms with E-state index in [2.05, 4.69) is 11.9 Å². The van der Waals surface area contributed by atoms with Crippen LogP contribution < -0.4 is 10.1 Å². The Morgan fingerprint density at radius 1 is 1.38 bits per heavy atom. The first kappa shape index (κ1) is 15.6. The first-order valence-electron chi connectivity index (χ1n) is 7.51. The van der Waals surface area contributed by atoms with E-state index >= 15 is 0 Å². The Labute approximate surface area is 125 Å². The van der Waals surface area contributed by atoms with E-state index in [-0.39, 0.29) is 17.9 Å². The Morgan fingerprint density at radius 3 is 2.86 bits per heavy atom. The lowest BCUT2D eigenvalue weighted by Crippen LogP contribution is -2.28. The number of benzene rings is 1. The Kier molecular flexibility index (Phi) is 5.81. The summed E-state index contributed by atoms with van der Waals surface area (Å²) in [5.74, 6) is 0.776. The summed E-state index contributed by atoms with van der Waals surface area (Å²) in [4.78, 5) is 12.2. The molecule has 0 saturated heterocycles. The summed E-state index contributed by atoms with van der Waals surface area (Å²) in [6.07, 6.45) is 5.29. The van der Waals surface area contributed by atoms with Crippen LogP contribution in [0.5, 0.6) is 5.75 Å². The molecule has 2 N–H and O–H groups in total. The van der Waals surface area contributed by atoms with Crippen LogP contribution in [0.2, 0.25) is 0 Å². The van der Waals surface area contributed by atoms with Crippen molar-refractivity contribution in [2.45, 2.75) is 38.2 Å². The third-order valence-corrected chi connectivity index (χ3v) is 3.76. The molecule has 0 atom stereocenters. The molecule has 0 aliphatic heterocycles.